The molecule has 72 valence electrons. The Balaban J connectivity index is 2.44. The minimum atomic E-state index is 0.280. The summed E-state index contributed by atoms with van der Waals surface area (Å²) in [6, 6.07) is 0. The van der Waals surface area contributed by atoms with Crippen LogP contribution in [0.2, 0.25) is 0 Å². The summed E-state index contributed by atoms with van der Waals surface area (Å²) >= 11 is 0. The Hall–Kier alpha value is -0.0400. The lowest BCUT2D eigenvalue weighted by molar-refractivity contribution is -0.0893. The Morgan fingerprint density at radius 3 is 2.17 bits per heavy atom. The molecule has 0 aliphatic carbocycles. The van der Waals surface area contributed by atoms with Crippen molar-refractivity contribution in [3.05, 3.63) is 0 Å². The van der Waals surface area contributed by atoms with E-state index in [1.807, 2.05) is 0 Å². The molecule has 0 aromatic carbocycles. The topological polar surface area (TPSA) is 9.23 Å². The molecule has 0 aromatic heterocycles. The van der Waals surface area contributed by atoms with Crippen LogP contribution in [0.1, 0.15) is 58.8 Å². The maximum atomic E-state index is 5.95. The van der Waals surface area contributed by atoms with Crippen molar-refractivity contribution in [1.82, 2.24) is 0 Å². The molecular formula is C11H22O. The van der Waals surface area contributed by atoms with Crippen LogP contribution in [0.5, 0.6) is 0 Å². The molecule has 0 spiro atoms. The van der Waals surface area contributed by atoms with Gasteiger partial charge in [0.25, 0.3) is 0 Å². The summed E-state index contributed by atoms with van der Waals surface area (Å²) in [5, 5.41) is 0. The number of hydrogen-bond acceptors (Lipinski definition) is 1. The van der Waals surface area contributed by atoms with Crippen molar-refractivity contribution in [1.29, 1.82) is 0 Å². The highest BCUT2D eigenvalue weighted by Crippen LogP contribution is 2.33. The van der Waals surface area contributed by atoms with Crippen LogP contribution < -0.4 is 0 Å². The van der Waals surface area contributed by atoms with E-state index in [-0.39, 0.29) is 5.60 Å². The molecule has 1 heteroatoms. The molecule has 12 heavy (non-hydrogen) atoms. The van der Waals surface area contributed by atoms with Crippen LogP contribution in [0, 0.1) is 0 Å². The van der Waals surface area contributed by atoms with Gasteiger partial charge in [-0.3, -0.25) is 0 Å². The fourth-order valence-electron chi connectivity index (χ4n) is 2.34. The minimum Gasteiger partial charge on any atom is -0.375 e. The fourth-order valence-corrected chi connectivity index (χ4v) is 2.34. The highest BCUT2D eigenvalue weighted by atomic mass is 16.5. The summed E-state index contributed by atoms with van der Waals surface area (Å²) < 4.78 is 5.95. The molecule has 0 saturated carbocycles. The van der Waals surface area contributed by atoms with Crippen molar-refractivity contribution in [2.75, 3.05) is 6.61 Å². The second-order valence-electron chi connectivity index (χ2n) is 3.99. The molecule has 1 fully saturated rings. The molecule has 0 radical (unpaired) electrons. The van der Waals surface area contributed by atoms with E-state index in [0.29, 0.717) is 0 Å². The van der Waals surface area contributed by atoms with Crippen LogP contribution in [0.25, 0.3) is 0 Å². The summed E-state index contributed by atoms with van der Waals surface area (Å²) in [7, 11) is 0. The van der Waals surface area contributed by atoms with Gasteiger partial charge in [0.05, 0.1) is 5.60 Å². The summed E-state index contributed by atoms with van der Waals surface area (Å²) in [4.78, 5) is 0. The number of rotatable bonds is 4. The lowest BCUT2D eigenvalue weighted by Gasteiger charge is -2.37. The van der Waals surface area contributed by atoms with Gasteiger partial charge in [0.2, 0.25) is 0 Å². The molecule has 1 heterocycles. The van der Waals surface area contributed by atoms with E-state index >= 15 is 0 Å². The molecule has 0 unspecified atom stereocenters. The molecule has 0 amide bonds. The monoisotopic (exact) mass is 170 g/mol. The first kappa shape index (κ1) is 10.0. The van der Waals surface area contributed by atoms with Crippen molar-refractivity contribution in [3.63, 3.8) is 0 Å². The Bertz CT molecular complexity index is 98.7. The molecule has 0 aromatic rings. The third-order valence-electron chi connectivity index (χ3n) is 2.85. The van der Waals surface area contributed by atoms with Gasteiger partial charge in [-0.25, -0.2) is 0 Å². The SMILES string of the molecule is CCCC1(CCC)CCCCO1. The first-order valence-electron chi connectivity index (χ1n) is 5.47. The van der Waals surface area contributed by atoms with Crippen molar-refractivity contribution in [2.45, 2.75) is 64.4 Å². The van der Waals surface area contributed by atoms with Gasteiger partial charge in [0, 0.05) is 6.61 Å². The van der Waals surface area contributed by atoms with E-state index < -0.39 is 0 Å². The van der Waals surface area contributed by atoms with Gasteiger partial charge in [-0.1, -0.05) is 26.7 Å². The van der Waals surface area contributed by atoms with E-state index in [4.69, 9.17) is 4.74 Å². The predicted octanol–water partition coefficient (Wildman–Crippen LogP) is 3.53. The van der Waals surface area contributed by atoms with Crippen LogP contribution in [0.4, 0.5) is 0 Å². The lowest BCUT2D eigenvalue weighted by atomic mass is 9.85. The normalized spacial score (nSPS) is 22.5. The second kappa shape index (κ2) is 4.86. The summed E-state index contributed by atoms with van der Waals surface area (Å²) in [6.45, 7) is 5.52. The second-order valence-corrected chi connectivity index (χ2v) is 3.99. The molecule has 0 N–H and O–H groups in total. The van der Waals surface area contributed by atoms with E-state index in [9.17, 15) is 0 Å². The van der Waals surface area contributed by atoms with Gasteiger partial charge >= 0.3 is 0 Å². The van der Waals surface area contributed by atoms with Crippen LogP contribution in [0.15, 0.2) is 0 Å². The predicted molar refractivity (Wildman–Crippen MR) is 52.4 cm³/mol. The Morgan fingerprint density at radius 1 is 1.08 bits per heavy atom. The molecule has 0 atom stereocenters. The average molecular weight is 170 g/mol. The average Bonchev–Trinajstić information content (AvgIpc) is 2.07. The van der Waals surface area contributed by atoms with Crippen LogP contribution in [0.3, 0.4) is 0 Å². The summed E-state index contributed by atoms with van der Waals surface area (Å²) in [6.07, 6.45) is 9.01. The molecule has 1 aliphatic heterocycles. The van der Waals surface area contributed by atoms with Gasteiger partial charge < -0.3 is 4.74 Å². The fraction of sp³-hybridized carbons (Fsp3) is 1.00. The van der Waals surface area contributed by atoms with E-state index in [1.165, 1.54) is 44.9 Å². The Kier molecular flexibility index (Phi) is 4.07. The zero-order chi connectivity index (χ0) is 8.86. The van der Waals surface area contributed by atoms with Crippen LogP contribution in [-0.4, -0.2) is 12.2 Å². The van der Waals surface area contributed by atoms with Crippen molar-refractivity contribution in [3.8, 4) is 0 Å². The first-order chi connectivity index (χ1) is 5.83. The third kappa shape index (κ3) is 2.48. The third-order valence-corrected chi connectivity index (χ3v) is 2.85. The van der Waals surface area contributed by atoms with Gasteiger partial charge in [-0.2, -0.15) is 0 Å². The Labute approximate surface area is 76.5 Å². The molecular weight excluding hydrogens is 148 g/mol. The highest BCUT2D eigenvalue weighted by Gasteiger charge is 2.30. The van der Waals surface area contributed by atoms with Gasteiger partial charge in [-0.05, 0) is 32.1 Å². The highest BCUT2D eigenvalue weighted by molar-refractivity contribution is 4.82. The standard InChI is InChI=1S/C11H22O/c1-3-7-11(8-4-2)9-5-6-10-12-11/h3-10H2,1-2H3. The van der Waals surface area contributed by atoms with Gasteiger partial charge in [0.1, 0.15) is 0 Å². The van der Waals surface area contributed by atoms with Gasteiger partial charge in [0.15, 0.2) is 0 Å². The zero-order valence-corrected chi connectivity index (χ0v) is 8.57. The van der Waals surface area contributed by atoms with E-state index in [2.05, 4.69) is 13.8 Å². The summed E-state index contributed by atoms with van der Waals surface area (Å²) in [5.41, 5.74) is 0.280. The largest absolute Gasteiger partial charge is 0.375 e. The maximum Gasteiger partial charge on any atom is 0.0682 e. The van der Waals surface area contributed by atoms with Crippen molar-refractivity contribution < 1.29 is 4.74 Å². The smallest absolute Gasteiger partial charge is 0.0682 e. The van der Waals surface area contributed by atoms with E-state index in [0.717, 1.165) is 6.61 Å². The minimum absolute atomic E-state index is 0.280. The first-order valence-corrected chi connectivity index (χ1v) is 5.47. The maximum absolute atomic E-state index is 5.95. The number of ether oxygens (including phenoxy) is 1. The molecule has 0 bridgehead atoms. The molecule has 1 saturated heterocycles. The van der Waals surface area contributed by atoms with Crippen LogP contribution in [-0.2, 0) is 4.74 Å². The van der Waals surface area contributed by atoms with Crippen molar-refractivity contribution in [2.24, 2.45) is 0 Å². The Morgan fingerprint density at radius 2 is 1.75 bits per heavy atom. The van der Waals surface area contributed by atoms with Crippen LogP contribution >= 0.6 is 0 Å². The quantitative estimate of drug-likeness (QED) is 0.627. The van der Waals surface area contributed by atoms with E-state index in [1.54, 1.807) is 0 Å². The van der Waals surface area contributed by atoms with Gasteiger partial charge in [-0.15, -0.1) is 0 Å². The molecule has 1 nitrogen and oxygen atoms in total. The molecule has 1 aliphatic rings. The molecule has 1 rings (SSSR count). The number of hydrogen-bond donors (Lipinski definition) is 0. The summed E-state index contributed by atoms with van der Waals surface area (Å²) in [5.74, 6) is 0. The zero-order valence-electron chi connectivity index (χ0n) is 8.57. The van der Waals surface area contributed by atoms with Crippen molar-refractivity contribution >= 4 is 0 Å². The lowest BCUT2D eigenvalue weighted by Crippen LogP contribution is -2.35.